The number of carbonyl (C=O) groups is 2. The van der Waals surface area contributed by atoms with E-state index in [4.69, 9.17) is 0 Å². The van der Waals surface area contributed by atoms with E-state index in [0.717, 1.165) is 26.2 Å². The molecule has 1 saturated heterocycles. The molecule has 5 nitrogen and oxygen atoms in total. The first kappa shape index (κ1) is 18.0. The maximum atomic E-state index is 12.0. The number of nitrogens with one attached hydrogen (secondary N) is 1. The van der Waals surface area contributed by atoms with Crippen molar-refractivity contribution < 1.29 is 9.59 Å². The molecule has 122 valence electrons. The molecule has 1 N–H and O–H groups in total. The molecule has 0 bridgehead atoms. The average molecular weight is 297 g/mol. The van der Waals surface area contributed by atoms with Crippen molar-refractivity contribution in [3.05, 3.63) is 0 Å². The highest BCUT2D eigenvalue weighted by Crippen LogP contribution is 2.09. The monoisotopic (exact) mass is 297 g/mol. The minimum Gasteiger partial charge on any atom is -0.354 e. The molecular weight excluding hydrogens is 266 g/mol. The topological polar surface area (TPSA) is 52.7 Å². The lowest BCUT2D eigenvalue weighted by molar-refractivity contribution is -0.131. The van der Waals surface area contributed by atoms with E-state index in [1.54, 1.807) is 0 Å². The predicted molar refractivity (Wildman–Crippen MR) is 85.1 cm³/mol. The van der Waals surface area contributed by atoms with Crippen LogP contribution in [0.5, 0.6) is 0 Å². The van der Waals surface area contributed by atoms with Crippen LogP contribution >= 0.6 is 0 Å². The molecular formula is C16H31N3O2. The molecule has 0 spiro atoms. The number of carbonyl (C=O) groups excluding carboxylic acids is 2. The van der Waals surface area contributed by atoms with Gasteiger partial charge in [0, 0.05) is 39.0 Å². The van der Waals surface area contributed by atoms with Crippen molar-refractivity contribution in [2.45, 2.75) is 52.4 Å². The summed E-state index contributed by atoms with van der Waals surface area (Å²) in [5.74, 6) is 0.224. The molecule has 0 aliphatic carbocycles. The Morgan fingerprint density at radius 3 is 2.24 bits per heavy atom. The molecule has 0 aromatic heterocycles. The van der Waals surface area contributed by atoms with Gasteiger partial charge in [-0.05, 0) is 25.9 Å². The summed E-state index contributed by atoms with van der Waals surface area (Å²) >= 11 is 0. The maximum Gasteiger partial charge on any atom is 0.222 e. The molecule has 0 saturated carbocycles. The Balaban J connectivity index is 2.34. The minimum absolute atomic E-state index is 0.0476. The fourth-order valence-corrected chi connectivity index (χ4v) is 2.66. The van der Waals surface area contributed by atoms with Gasteiger partial charge in [0.05, 0.1) is 0 Å². The first-order valence-electron chi connectivity index (χ1n) is 8.44. The van der Waals surface area contributed by atoms with Gasteiger partial charge in [0.2, 0.25) is 11.8 Å². The van der Waals surface area contributed by atoms with Gasteiger partial charge in [0.15, 0.2) is 0 Å². The molecule has 21 heavy (non-hydrogen) atoms. The zero-order chi connectivity index (χ0) is 15.5. The number of hydrogen-bond acceptors (Lipinski definition) is 3. The van der Waals surface area contributed by atoms with Crippen molar-refractivity contribution in [2.24, 2.45) is 0 Å². The predicted octanol–water partition coefficient (Wildman–Crippen LogP) is 1.63. The molecule has 0 unspecified atom stereocenters. The normalized spacial score (nSPS) is 16.3. The summed E-state index contributed by atoms with van der Waals surface area (Å²) in [5, 5.41) is 2.84. The lowest BCUT2D eigenvalue weighted by atomic mass is 10.2. The molecule has 1 aliphatic heterocycles. The SMILES string of the molecule is CCC(=O)NCCN(CCN1CCCCCC1)C(=O)CC. The van der Waals surface area contributed by atoms with Crippen LogP contribution in [-0.2, 0) is 9.59 Å². The third-order valence-corrected chi connectivity index (χ3v) is 4.06. The Labute approximate surface area is 129 Å². The Morgan fingerprint density at radius 2 is 1.67 bits per heavy atom. The van der Waals surface area contributed by atoms with Crippen LogP contribution < -0.4 is 5.32 Å². The standard InChI is InChI=1S/C16H31N3O2/c1-3-15(20)17-9-12-19(16(21)4-2)14-13-18-10-7-5-6-8-11-18/h3-14H2,1-2H3,(H,17,20). The second kappa shape index (κ2) is 10.6. The van der Waals surface area contributed by atoms with Gasteiger partial charge in [-0.3, -0.25) is 9.59 Å². The van der Waals surface area contributed by atoms with Crippen molar-refractivity contribution in [1.82, 2.24) is 15.1 Å². The average Bonchev–Trinajstić information content (AvgIpc) is 2.78. The Kier molecular flexibility index (Phi) is 9.06. The second-order valence-corrected chi connectivity index (χ2v) is 5.69. The first-order valence-corrected chi connectivity index (χ1v) is 8.44. The van der Waals surface area contributed by atoms with Gasteiger partial charge < -0.3 is 15.1 Å². The fourth-order valence-electron chi connectivity index (χ4n) is 2.66. The zero-order valence-corrected chi connectivity index (χ0v) is 13.7. The molecule has 0 aromatic carbocycles. The highest BCUT2D eigenvalue weighted by atomic mass is 16.2. The lowest BCUT2D eigenvalue weighted by Gasteiger charge is -2.27. The number of hydrogen-bond donors (Lipinski definition) is 1. The second-order valence-electron chi connectivity index (χ2n) is 5.69. The van der Waals surface area contributed by atoms with E-state index in [1.807, 2.05) is 18.7 Å². The van der Waals surface area contributed by atoms with Gasteiger partial charge in [0.25, 0.3) is 0 Å². The van der Waals surface area contributed by atoms with Gasteiger partial charge >= 0.3 is 0 Å². The first-order chi connectivity index (χ1) is 10.2. The lowest BCUT2D eigenvalue weighted by Crippen LogP contribution is -2.42. The summed E-state index contributed by atoms with van der Waals surface area (Å²) in [6.45, 7) is 8.93. The van der Waals surface area contributed by atoms with Crippen LogP contribution in [-0.4, -0.2) is 60.9 Å². The summed E-state index contributed by atoms with van der Waals surface area (Å²) in [6, 6.07) is 0. The molecule has 1 aliphatic rings. The van der Waals surface area contributed by atoms with E-state index < -0.39 is 0 Å². The van der Waals surface area contributed by atoms with Crippen LogP contribution in [0, 0.1) is 0 Å². The number of likely N-dealkylation sites (tertiary alicyclic amines) is 1. The van der Waals surface area contributed by atoms with E-state index in [9.17, 15) is 9.59 Å². The van der Waals surface area contributed by atoms with E-state index >= 15 is 0 Å². The van der Waals surface area contributed by atoms with Crippen molar-refractivity contribution in [1.29, 1.82) is 0 Å². The summed E-state index contributed by atoms with van der Waals surface area (Å²) in [4.78, 5) is 27.6. The third-order valence-electron chi connectivity index (χ3n) is 4.06. The van der Waals surface area contributed by atoms with E-state index in [1.165, 1.54) is 25.7 Å². The van der Waals surface area contributed by atoms with Gasteiger partial charge in [-0.2, -0.15) is 0 Å². The summed E-state index contributed by atoms with van der Waals surface area (Å²) in [6.07, 6.45) is 6.23. The largest absolute Gasteiger partial charge is 0.354 e. The summed E-state index contributed by atoms with van der Waals surface area (Å²) in [5.41, 5.74) is 0. The maximum absolute atomic E-state index is 12.0. The highest BCUT2D eigenvalue weighted by molar-refractivity contribution is 5.76. The molecule has 0 atom stereocenters. The van der Waals surface area contributed by atoms with Crippen molar-refractivity contribution in [2.75, 3.05) is 39.3 Å². The smallest absolute Gasteiger partial charge is 0.222 e. The molecule has 0 aromatic rings. The van der Waals surface area contributed by atoms with Crippen LogP contribution in [0.15, 0.2) is 0 Å². The Morgan fingerprint density at radius 1 is 1.00 bits per heavy atom. The molecule has 2 amide bonds. The molecule has 1 fully saturated rings. The Hall–Kier alpha value is -1.10. The number of rotatable bonds is 8. The summed E-state index contributed by atoms with van der Waals surface area (Å²) in [7, 11) is 0. The number of amides is 2. The minimum atomic E-state index is 0.0476. The van der Waals surface area contributed by atoms with Gasteiger partial charge in [0.1, 0.15) is 0 Å². The third kappa shape index (κ3) is 7.46. The van der Waals surface area contributed by atoms with Gasteiger partial charge in [-0.1, -0.05) is 26.7 Å². The quantitative estimate of drug-likeness (QED) is 0.741. The van der Waals surface area contributed by atoms with E-state index in [0.29, 0.717) is 25.9 Å². The van der Waals surface area contributed by atoms with Gasteiger partial charge in [-0.25, -0.2) is 0 Å². The molecule has 1 heterocycles. The number of nitrogens with zero attached hydrogens (tertiary/aromatic N) is 2. The molecule has 5 heteroatoms. The van der Waals surface area contributed by atoms with Crippen LogP contribution in [0.2, 0.25) is 0 Å². The Bertz CT molecular complexity index is 313. The molecule has 0 radical (unpaired) electrons. The van der Waals surface area contributed by atoms with Crippen molar-refractivity contribution in [3.63, 3.8) is 0 Å². The van der Waals surface area contributed by atoms with Crippen LogP contribution in [0.4, 0.5) is 0 Å². The van der Waals surface area contributed by atoms with E-state index in [-0.39, 0.29) is 11.8 Å². The highest BCUT2D eigenvalue weighted by Gasteiger charge is 2.14. The zero-order valence-electron chi connectivity index (χ0n) is 13.7. The van der Waals surface area contributed by atoms with Crippen molar-refractivity contribution in [3.8, 4) is 0 Å². The van der Waals surface area contributed by atoms with Gasteiger partial charge in [-0.15, -0.1) is 0 Å². The summed E-state index contributed by atoms with van der Waals surface area (Å²) < 4.78 is 0. The molecule has 1 rings (SSSR count). The van der Waals surface area contributed by atoms with Crippen LogP contribution in [0.1, 0.15) is 52.4 Å². The van der Waals surface area contributed by atoms with E-state index in [2.05, 4.69) is 10.2 Å². The van der Waals surface area contributed by atoms with Crippen LogP contribution in [0.3, 0.4) is 0 Å². The van der Waals surface area contributed by atoms with Crippen LogP contribution in [0.25, 0.3) is 0 Å². The van der Waals surface area contributed by atoms with Crippen molar-refractivity contribution >= 4 is 11.8 Å². The fraction of sp³-hybridized carbons (Fsp3) is 0.875.